The van der Waals surface area contributed by atoms with Crippen LogP contribution in [0.25, 0.3) is 0 Å². The Morgan fingerprint density at radius 2 is 2.03 bits per heavy atom. The Morgan fingerprint density at radius 3 is 2.65 bits per heavy atom. The molecule has 0 spiro atoms. The fourth-order valence-corrected chi connectivity index (χ4v) is 4.21. The molecule has 166 valence electrons. The van der Waals surface area contributed by atoms with Gasteiger partial charge >= 0.3 is 5.97 Å². The molecule has 1 saturated carbocycles. The Labute approximate surface area is 185 Å². The number of piperidine rings is 1. The van der Waals surface area contributed by atoms with Crippen molar-refractivity contribution >= 4 is 17.6 Å². The number of aromatic nitrogens is 1. The third kappa shape index (κ3) is 5.15. The summed E-state index contributed by atoms with van der Waals surface area (Å²) in [6, 6.07) is 4.28. The molecule has 2 aromatic rings. The van der Waals surface area contributed by atoms with Crippen LogP contribution in [0.4, 0.5) is 8.78 Å². The van der Waals surface area contributed by atoms with Gasteiger partial charge in [-0.25, -0.2) is 13.6 Å². The Hall–Kier alpha value is -2.25. The van der Waals surface area contributed by atoms with Crippen molar-refractivity contribution in [1.82, 2.24) is 9.88 Å². The van der Waals surface area contributed by atoms with E-state index < -0.39 is 17.5 Å². The highest BCUT2D eigenvalue weighted by Gasteiger charge is 2.37. The molecule has 0 radical (unpaired) electrons. The van der Waals surface area contributed by atoms with E-state index in [-0.39, 0.29) is 36.7 Å². The molecule has 0 amide bonds. The number of hydrogen-bond acceptors (Lipinski definition) is 4. The minimum absolute atomic E-state index is 0.151. The van der Waals surface area contributed by atoms with Gasteiger partial charge in [0.15, 0.2) is 0 Å². The van der Waals surface area contributed by atoms with Crippen molar-refractivity contribution in [3.8, 4) is 5.75 Å². The largest absolute Gasteiger partial charge is 0.490 e. The number of nitrogens with zero attached hydrogens (tertiary/aromatic N) is 2. The summed E-state index contributed by atoms with van der Waals surface area (Å²) in [7, 11) is 0. The molecule has 0 unspecified atom stereocenters. The van der Waals surface area contributed by atoms with Crippen molar-refractivity contribution in [2.75, 3.05) is 19.7 Å². The van der Waals surface area contributed by atoms with Crippen molar-refractivity contribution in [2.24, 2.45) is 0 Å². The molecular weight excluding hydrogens is 426 g/mol. The maximum atomic E-state index is 15.4. The number of aromatic carboxylic acids is 1. The number of rotatable bonds is 7. The predicted molar refractivity (Wildman–Crippen MR) is 113 cm³/mol. The van der Waals surface area contributed by atoms with Gasteiger partial charge in [-0.3, -0.25) is 9.88 Å². The first-order valence-corrected chi connectivity index (χ1v) is 10.8. The Kier molecular flexibility index (Phi) is 6.17. The quantitative estimate of drug-likeness (QED) is 0.632. The first-order valence-electron chi connectivity index (χ1n) is 10.5. The highest BCUT2D eigenvalue weighted by atomic mass is 35.5. The molecule has 8 heteroatoms. The zero-order chi connectivity index (χ0) is 22.2. The second kappa shape index (κ2) is 8.71. The van der Waals surface area contributed by atoms with Crippen molar-refractivity contribution in [2.45, 2.75) is 50.7 Å². The van der Waals surface area contributed by atoms with Crippen LogP contribution in [0.15, 0.2) is 24.4 Å². The molecule has 1 aliphatic carbocycles. The van der Waals surface area contributed by atoms with Crippen LogP contribution in [0.5, 0.6) is 5.75 Å². The summed E-state index contributed by atoms with van der Waals surface area (Å²) in [6.45, 7) is 3.37. The Morgan fingerprint density at radius 1 is 1.32 bits per heavy atom. The number of likely N-dealkylation sites (tertiary alicyclic amines) is 1. The molecular formula is C23H25ClF2N2O3. The van der Waals surface area contributed by atoms with Crippen LogP contribution < -0.4 is 4.74 Å². The average molecular weight is 451 g/mol. The van der Waals surface area contributed by atoms with Crippen molar-refractivity contribution < 1.29 is 23.4 Å². The van der Waals surface area contributed by atoms with E-state index in [9.17, 15) is 9.18 Å². The van der Waals surface area contributed by atoms with Gasteiger partial charge in [-0.1, -0.05) is 11.6 Å². The fourth-order valence-electron chi connectivity index (χ4n) is 3.93. The first kappa shape index (κ1) is 22.0. The van der Waals surface area contributed by atoms with Gasteiger partial charge in [0.25, 0.3) is 0 Å². The van der Waals surface area contributed by atoms with Gasteiger partial charge in [0.2, 0.25) is 0 Å². The minimum atomic E-state index is -1.52. The number of pyridine rings is 1. The summed E-state index contributed by atoms with van der Waals surface area (Å²) in [4.78, 5) is 17.7. The number of halogens is 3. The lowest BCUT2D eigenvalue weighted by molar-refractivity contribution is 0.0145. The van der Waals surface area contributed by atoms with Crippen molar-refractivity contribution in [1.29, 1.82) is 0 Å². The lowest BCUT2D eigenvalue weighted by atomic mass is 9.94. The molecule has 2 aliphatic rings. The molecule has 2 heterocycles. The van der Waals surface area contributed by atoms with E-state index in [1.807, 2.05) is 13.0 Å². The molecule has 0 bridgehead atoms. The molecule has 1 saturated heterocycles. The normalized spacial score (nSPS) is 18.7. The van der Waals surface area contributed by atoms with E-state index in [1.54, 1.807) is 6.20 Å². The summed E-state index contributed by atoms with van der Waals surface area (Å²) < 4.78 is 35.3. The maximum Gasteiger partial charge on any atom is 0.338 e. The van der Waals surface area contributed by atoms with E-state index in [0.29, 0.717) is 30.2 Å². The van der Waals surface area contributed by atoms with Crippen molar-refractivity contribution in [3.63, 3.8) is 0 Å². The number of hydrogen-bond donors (Lipinski definition) is 1. The van der Waals surface area contributed by atoms with Crippen LogP contribution >= 0.6 is 11.6 Å². The summed E-state index contributed by atoms with van der Waals surface area (Å²) in [6.07, 6.45) is 4.12. The van der Waals surface area contributed by atoms with Gasteiger partial charge in [-0.15, -0.1) is 0 Å². The zero-order valence-electron chi connectivity index (χ0n) is 17.3. The zero-order valence-corrected chi connectivity index (χ0v) is 18.1. The number of aryl methyl sites for hydroxylation is 1. The van der Waals surface area contributed by atoms with Crippen LogP contribution in [0, 0.1) is 12.7 Å². The highest BCUT2D eigenvalue weighted by Crippen LogP contribution is 2.45. The second-order valence-electron chi connectivity index (χ2n) is 8.61. The molecule has 1 aliphatic heterocycles. The van der Waals surface area contributed by atoms with E-state index >= 15 is 4.39 Å². The summed E-state index contributed by atoms with van der Waals surface area (Å²) in [5, 5.41) is 9.77. The molecule has 4 rings (SSSR count). The number of benzene rings is 1. The third-order valence-corrected chi connectivity index (χ3v) is 6.34. The van der Waals surface area contributed by atoms with Gasteiger partial charge in [-0.05, 0) is 61.8 Å². The minimum Gasteiger partial charge on any atom is -0.490 e. The Balaban J connectivity index is 1.37. The standard InChI is InChI=1S/C23H25ClF2N2O3/c1-14-8-18(24)20(27-11-14)12-28-6-4-23(26,5-7-28)13-31-21-10-19(25)17(22(29)30)9-16(21)15-2-3-15/h8-11,15H,2-7,12-13H2,1H3,(H,29,30). The monoisotopic (exact) mass is 450 g/mol. The van der Waals surface area contributed by atoms with Gasteiger partial charge < -0.3 is 9.84 Å². The molecule has 5 nitrogen and oxygen atoms in total. The molecule has 1 aromatic carbocycles. The predicted octanol–water partition coefficient (Wildman–Crippen LogP) is 5.14. The van der Waals surface area contributed by atoms with Gasteiger partial charge in [-0.2, -0.15) is 0 Å². The van der Waals surface area contributed by atoms with E-state index in [2.05, 4.69) is 9.88 Å². The SMILES string of the molecule is Cc1cnc(CN2CCC(F)(COc3cc(F)c(C(=O)O)cc3C3CC3)CC2)c(Cl)c1. The van der Waals surface area contributed by atoms with Crippen LogP contribution in [-0.2, 0) is 6.54 Å². The lowest BCUT2D eigenvalue weighted by Gasteiger charge is -2.36. The first-order chi connectivity index (χ1) is 14.7. The number of carbonyl (C=O) groups is 1. The summed E-state index contributed by atoms with van der Waals surface area (Å²) in [5.41, 5.74) is 0.522. The Bertz CT molecular complexity index is 989. The molecule has 1 aromatic heterocycles. The van der Waals surface area contributed by atoms with Crippen LogP contribution in [0.1, 0.15) is 58.8 Å². The summed E-state index contributed by atoms with van der Waals surface area (Å²) in [5.74, 6) is -1.78. The lowest BCUT2D eigenvalue weighted by Crippen LogP contribution is -2.44. The number of carboxylic acids is 1. The van der Waals surface area contributed by atoms with Crippen molar-refractivity contribution in [3.05, 3.63) is 57.6 Å². The molecule has 0 atom stereocenters. The second-order valence-corrected chi connectivity index (χ2v) is 9.01. The molecule has 2 fully saturated rings. The topological polar surface area (TPSA) is 62.7 Å². The number of ether oxygens (including phenoxy) is 1. The fraction of sp³-hybridized carbons (Fsp3) is 0.478. The van der Waals surface area contributed by atoms with Gasteiger partial charge in [0.1, 0.15) is 23.8 Å². The van der Waals surface area contributed by atoms with Crippen LogP contribution in [0.3, 0.4) is 0 Å². The number of carboxylic acid groups (broad SMARTS) is 1. The summed E-state index contributed by atoms with van der Waals surface area (Å²) >= 11 is 6.26. The van der Waals surface area contributed by atoms with Gasteiger partial charge in [0.05, 0.1) is 16.3 Å². The van der Waals surface area contributed by atoms with Gasteiger partial charge in [0, 0.05) is 31.9 Å². The molecule has 31 heavy (non-hydrogen) atoms. The van der Waals surface area contributed by atoms with Crippen LogP contribution in [0.2, 0.25) is 5.02 Å². The van der Waals surface area contributed by atoms with E-state index in [1.165, 1.54) is 6.07 Å². The van der Waals surface area contributed by atoms with E-state index in [0.717, 1.165) is 30.2 Å². The number of alkyl halides is 1. The third-order valence-electron chi connectivity index (χ3n) is 6.01. The highest BCUT2D eigenvalue weighted by molar-refractivity contribution is 6.31. The maximum absolute atomic E-state index is 15.4. The molecule has 1 N–H and O–H groups in total. The average Bonchev–Trinajstić information content (AvgIpc) is 3.55. The smallest absolute Gasteiger partial charge is 0.338 e. The van der Waals surface area contributed by atoms with Crippen LogP contribution in [-0.4, -0.2) is 46.3 Å². The van der Waals surface area contributed by atoms with E-state index in [4.69, 9.17) is 21.4 Å².